The fraction of sp³-hybridized carbons (Fsp3) is 0.355. The molecule has 0 bridgehead atoms. The predicted octanol–water partition coefficient (Wildman–Crippen LogP) is 4.17. The van der Waals surface area contributed by atoms with Crippen molar-refractivity contribution in [2.24, 2.45) is 4.99 Å². The van der Waals surface area contributed by atoms with Crippen molar-refractivity contribution in [3.8, 4) is 11.3 Å². The summed E-state index contributed by atoms with van der Waals surface area (Å²) in [5.41, 5.74) is 1.57. The van der Waals surface area contributed by atoms with E-state index in [0.29, 0.717) is 31.5 Å². The lowest BCUT2D eigenvalue weighted by atomic mass is 10.1. The third kappa shape index (κ3) is 7.28. The van der Waals surface area contributed by atoms with Gasteiger partial charge < -0.3 is 25.1 Å². The first kappa shape index (κ1) is 31.2. The second-order valence-electron chi connectivity index (χ2n) is 10.7. The summed E-state index contributed by atoms with van der Waals surface area (Å²) in [4.78, 5) is 61.4. The van der Waals surface area contributed by atoms with Gasteiger partial charge in [-0.1, -0.05) is 59.6 Å². The van der Waals surface area contributed by atoms with Crippen LogP contribution in [0.3, 0.4) is 0 Å². The van der Waals surface area contributed by atoms with Crippen LogP contribution in [0.25, 0.3) is 11.3 Å². The first-order valence-corrected chi connectivity index (χ1v) is 15.1. The van der Waals surface area contributed by atoms with Gasteiger partial charge in [0, 0.05) is 12.6 Å². The van der Waals surface area contributed by atoms with Gasteiger partial charge in [-0.3, -0.25) is 24.2 Å². The summed E-state index contributed by atoms with van der Waals surface area (Å²) in [7, 11) is 0. The van der Waals surface area contributed by atoms with E-state index in [-0.39, 0.29) is 27.7 Å². The molecule has 5 rings (SSSR count). The number of hydrogen-bond donors (Lipinski definition) is 3. The lowest BCUT2D eigenvalue weighted by Crippen LogP contribution is -2.53. The van der Waals surface area contributed by atoms with E-state index in [9.17, 15) is 24.3 Å². The molecule has 2 aliphatic rings. The number of aliphatic imine (C=N–C) groups is 1. The predicted molar refractivity (Wildman–Crippen MR) is 164 cm³/mol. The van der Waals surface area contributed by atoms with E-state index < -0.39 is 48.0 Å². The topological polar surface area (TPSA) is 154 Å². The van der Waals surface area contributed by atoms with Crippen LogP contribution in [0.2, 0.25) is 10.0 Å². The number of halogens is 2. The summed E-state index contributed by atoms with van der Waals surface area (Å²) in [6, 6.07) is 12.6. The van der Waals surface area contributed by atoms with Gasteiger partial charge in [-0.15, -0.1) is 0 Å². The Hall–Kier alpha value is -4.22. The Balaban J connectivity index is 1.20. The number of carboxylic acid groups (broad SMARTS) is 1. The van der Waals surface area contributed by atoms with Gasteiger partial charge >= 0.3 is 5.97 Å². The molecular formula is C31H31Cl2N5O6. The molecule has 44 heavy (non-hydrogen) atoms. The second-order valence-corrected chi connectivity index (χ2v) is 11.5. The number of carbonyl (C=O) groups is 4. The molecule has 11 nitrogen and oxygen atoms in total. The minimum Gasteiger partial charge on any atom is -0.481 e. The van der Waals surface area contributed by atoms with E-state index >= 15 is 0 Å². The molecule has 230 valence electrons. The van der Waals surface area contributed by atoms with Gasteiger partial charge in [0.2, 0.25) is 11.7 Å². The van der Waals surface area contributed by atoms with Crippen molar-refractivity contribution in [2.75, 3.05) is 13.1 Å². The number of hydrogen-bond acceptors (Lipinski definition) is 8. The van der Waals surface area contributed by atoms with Gasteiger partial charge in [0.15, 0.2) is 11.6 Å². The van der Waals surface area contributed by atoms with Crippen molar-refractivity contribution >= 4 is 52.6 Å². The van der Waals surface area contributed by atoms with Gasteiger partial charge in [0.1, 0.15) is 12.1 Å². The number of nitrogens with zero attached hydrogens (tertiary/aromatic N) is 3. The molecule has 0 saturated carbocycles. The van der Waals surface area contributed by atoms with Crippen molar-refractivity contribution < 1.29 is 28.7 Å². The van der Waals surface area contributed by atoms with Crippen LogP contribution < -0.4 is 10.6 Å². The van der Waals surface area contributed by atoms with Gasteiger partial charge in [0.25, 0.3) is 11.8 Å². The fourth-order valence-corrected chi connectivity index (χ4v) is 6.02. The van der Waals surface area contributed by atoms with Crippen LogP contribution in [0.5, 0.6) is 0 Å². The Morgan fingerprint density at radius 2 is 1.84 bits per heavy atom. The normalized spacial score (nSPS) is 18.4. The smallest absolute Gasteiger partial charge is 0.305 e. The molecule has 3 N–H and O–H groups in total. The highest BCUT2D eigenvalue weighted by Gasteiger charge is 2.39. The van der Waals surface area contributed by atoms with E-state index in [0.717, 1.165) is 19.3 Å². The SMILES string of the molecule is O=C(O)C[C@H](NC(=O)[C@@H]1CCCN1C(=O)C1=NCC(CCCc2ccccc2)N1)C(=O)c1ncc(-c2c(Cl)cccc2Cl)o1. The summed E-state index contributed by atoms with van der Waals surface area (Å²) in [6.07, 6.45) is 4.16. The standard InChI is InChI=1S/C31H31Cl2N5O6/c32-20-11-5-12-21(33)26(20)24-17-35-30(44-24)27(41)22(15-25(39)40)37-29(42)23-13-6-14-38(23)31(43)28-34-16-19(36-28)10-4-9-18-7-2-1-3-8-18/h1-3,5,7-8,11-12,17,19,22-23H,4,6,9-10,13-16H2,(H,34,36)(H,37,42)(H,39,40)/t19?,22-,23-/m0/s1. The number of likely N-dealkylation sites (tertiary alicyclic amines) is 1. The van der Waals surface area contributed by atoms with Crippen LogP contribution in [-0.2, 0) is 20.8 Å². The van der Waals surface area contributed by atoms with Crippen molar-refractivity contribution in [3.63, 3.8) is 0 Å². The number of ketones is 1. The number of amides is 2. The summed E-state index contributed by atoms with van der Waals surface area (Å²) in [5, 5.41) is 15.7. The van der Waals surface area contributed by atoms with Crippen molar-refractivity contribution in [1.29, 1.82) is 0 Å². The number of aromatic nitrogens is 1. The third-order valence-electron chi connectivity index (χ3n) is 7.63. The average Bonchev–Trinajstić information content (AvgIpc) is 3.78. The van der Waals surface area contributed by atoms with E-state index in [2.05, 4.69) is 32.7 Å². The summed E-state index contributed by atoms with van der Waals surface area (Å²) >= 11 is 12.5. The highest BCUT2D eigenvalue weighted by molar-refractivity contribution is 6.39. The summed E-state index contributed by atoms with van der Waals surface area (Å²) < 4.78 is 5.59. The molecule has 2 amide bonds. The first-order valence-electron chi connectivity index (χ1n) is 14.3. The van der Waals surface area contributed by atoms with Crippen LogP contribution in [-0.4, -0.2) is 75.6 Å². The molecule has 3 atom stereocenters. The van der Waals surface area contributed by atoms with Crippen LogP contribution in [0.4, 0.5) is 0 Å². The Labute approximate surface area is 263 Å². The molecule has 3 aromatic rings. The molecule has 3 heterocycles. The largest absolute Gasteiger partial charge is 0.481 e. The Bertz CT molecular complexity index is 1560. The quantitative estimate of drug-likeness (QED) is 0.249. The molecular weight excluding hydrogens is 609 g/mol. The lowest BCUT2D eigenvalue weighted by molar-refractivity contribution is -0.138. The first-order chi connectivity index (χ1) is 21.2. The number of carboxylic acids is 1. The van der Waals surface area contributed by atoms with Gasteiger partial charge in [-0.05, 0) is 49.8 Å². The number of Topliss-reactive ketones (excluding diaryl/α,β-unsaturated/α-hetero) is 1. The van der Waals surface area contributed by atoms with Crippen molar-refractivity contribution in [1.82, 2.24) is 20.5 Å². The zero-order chi connectivity index (χ0) is 31.2. The zero-order valence-electron chi connectivity index (χ0n) is 23.7. The molecule has 0 radical (unpaired) electrons. The Morgan fingerprint density at radius 3 is 2.57 bits per heavy atom. The molecule has 2 aromatic carbocycles. The maximum atomic E-state index is 13.4. The summed E-state index contributed by atoms with van der Waals surface area (Å²) in [5.74, 6) is -3.29. The number of aliphatic carboxylic acids is 1. The minimum absolute atomic E-state index is 0.0245. The number of oxazole rings is 1. The Morgan fingerprint density at radius 1 is 1.09 bits per heavy atom. The maximum Gasteiger partial charge on any atom is 0.305 e. The number of amidine groups is 1. The molecule has 0 spiro atoms. The molecule has 1 aromatic heterocycles. The van der Waals surface area contributed by atoms with Gasteiger partial charge in [0.05, 0.1) is 34.8 Å². The molecule has 1 unspecified atom stereocenters. The van der Waals surface area contributed by atoms with Crippen molar-refractivity contribution in [3.05, 3.63) is 76.2 Å². The van der Waals surface area contributed by atoms with Gasteiger partial charge in [-0.25, -0.2) is 4.98 Å². The zero-order valence-corrected chi connectivity index (χ0v) is 25.2. The molecule has 1 saturated heterocycles. The minimum atomic E-state index is -1.48. The van der Waals surface area contributed by atoms with E-state index in [1.54, 1.807) is 18.2 Å². The van der Waals surface area contributed by atoms with Crippen LogP contribution >= 0.6 is 23.2 Å². The molecule has 13 heteroatoms. The highest BCUT2D eigenvalue weighted by atomic mass is 35.5. The van der Waals surface area contributed by atoms with Gasteiger partial charge in [-0.2, -0.15) is 0 Å². The fourth-order valence-electron chi connectivity index (χ4n) is 5.43. The monoisotopic (exact) mass is 639 g/mol. The number of rotatable bonds is 12. The summed E-state index contributed by atoms with van der Waals surface area (Å²) in [6.45, 7) is 0.794. The number of aryl methyl sites for hydroxylation is 1. The van der Waals surface area contributed by atoms with E-state index in [1.165, 1.54) is 16.7 Å². The molecule has 2 aliphatic heterocycles. The lowest BCUT2D eigenvalue weighted by Gasteiger charge is -2.26. The van der Waals surface area contributed by atoms with Crippen LogP contribution in [0.15, 0.2) is 64.1 Å². The van der Waals surface area contributed by atoms with Crippen LogP contribution in [0.1, 0.15) is 48.4 Å². The molecule has 0 aliphatic carbocycles. The number of benzene rings is 2. The van der Waals surface area contributed by atoms with Crippen LogP contribution in [0, 0.1) is 0 Å². The van der Waals surface area contributed by atoms with Crippen molar-refractivity contribution in [2.45, 2.75) is 56.7 Å². The third-order valence-corrected chi connectivity index (χ3v) is 8.26. The second kappa shape index (κ2) is 14.0. The molecule has 1 fully saturated rings. The number of nitrogens with one attached hydrogen (secondary N) is 2. The Kier molecular flexibility index (Phi) is 9.96. The maximum absolute atomic E-state index is 13.4. The van der Waals surface area contributed by atoms with E-state index in [4.69, 9.17) is 27.6 Å². The van der Waals surface area contributed by atoms with E-state index in [1.807, 2.05) is 18.2 Å². The number of carbonyl (C=O) groups excluding carboxylic acids is 3. The highest BCUT2D eigenvalue weighted by Crippen LogP contribution is 2.35. The average molecular weight is 641 g/mol.